The van der Waals surface area contributed by atoms with Crippen LogP contribution in [0.25, 0.3) is 0 Å². The average Bonchev–Trinajstić information content (AvgIpc) is 2.71. The van der Waals surface area contributed by atoms with E-state index in [4.69, 9.17) is 0 Å². The fourth-order valence-corrected chi connectivity index (χ4v) is 2.23. The number of nitrogens with one attached hydrogen (secondary N) is 2. The topological polar surface area (TPSA) is 57.8 Å². The van der Waals surface area contributed by atoms with E-state index in [1.165, 1.54) is 12.8 Å². The summed E-state index contributed by atoms with van der Waals surface area (Å²) in [5.74, 6) is 1.15. The summed E-state index contributed by atoms with van der Waals surface area (Å²) in [6, 6.07) is 0. The molecule has 0 unspecified atom stereocenters. The monoisotopic (exact) mass is 207 g/mol. The molecular weight excluding hydrogens is 190 g/mol. The summed E-state index contributed by atoms with van der Waals surface area (Å²) < 4.78 is 0. The number of hydrogen-bond acceptors (Lipinski definition) is 3. The minimum Gasteiger partial charge on any atom is -0.313 e. The van der Waals surface area contributed by atoms with E-state index in [-0.39, 0.29) is 5.56 Å². The van der Waals surface area contributed by atoms with E-state index < -0.39 is 0 Å². The van der Waals surface area contributed by atoms with Gasteiger partial charge in [0.05, 0.1) is 6.54 Å². The lowest BCUT2D eigenvalue weighted by atomic mass is 10.0. The maximum Gasteiger partial charge on any atom is 0.254 e. The zero-order chi connectivity index (χ0) is 10.7. The third kappa shape index (κ3) is 2.26. The molecule has 1 fully saturated rings. The molecule has 0 saturated heterocycles. The molecule has 82 valence electrons. The minimum atomic E-state index is 0.0437. The molecule has 1 aliphatic carbocycles. The molecule has 0 amide bonds. The van der Waals surface area contributed by atoms with Crippen molar-refractivity contribution in [2.75, 3.05) is 7.05 Å². The summed E-state index contributed by atoms with van der Waals surface area (Å²) in [5, 5.41) is 2.97. The summed E-state index contributed by atoms with van der Waals surface area (Å²) >= 11 is 0. The lowest BCUT2D eigenvalue weighted by Crippen LogP contribution is -2.20. The highest BCUT2D eigenvalue weighted by molar-refractivity contribution is 5.13. The number of rotatable bonds is 3. The number of nitrogens with zero attached hydrogens (tertiary/aromatic N) is 1. The van der Waals surface area contributed by atoms with Gasteiger partial charge in [-0.15, -0.1) is 0 Å². The summed E-state index contributed by atoms with van der Waals surface area (Å²) in [4.78, 5) is 18.9. The molecule has 4 nitrogen and oxygen atoms in total. The van der Waals surface area contributed by atoms with Crippen molar-refractivity contribution in [3.63, 3.8) is 0 Å². The molecule has 2 N–H and O–H groups in total. The molecule has 0 spiro atoms. The Hall–Kier alpha value is -1.16. The fraction of sp³-hybridized carbons (Fsp3) is 0.636. The van der Waals surface area contributed by atoms with Crippen LogP contribution in [0.1, 0.15) is 43.0 Å². The van der Waals surface area contributed by atoms with Crippen LogP contribution in [-0.4, -0.2) is 17.0 Å². The highest BCUT2D eigenvalue weighted by atomic mass is 16.1. The molecule has 4 heteroatoms. The minimum absolute atomic E-state index is 0.0437. The van der Waals surface area contributed by atoms with Crippen molar-refractivity contribution in [2.24, 2.45) is 0 Å². The molecule has 15 heavy (non-hydrogen) atoms. The predicted octanol–water partition coefficient (Wildman–Crippen LogP) is 1.15. The maximum absolute atomic E-state index is 11.8. The van der Waals surface area contributed by atoms with Gasteiger partial charge in [0.1, 0.15) is 5.82 Å². The first-order valence-corrected chi connectivity index (χ1v) is 5.54. The van der Waals surface area contributed by atoms with Gasteiger partial charge in [0.15, 0.2) is 0 Å². The Morgan fingerprint density at radius 2 is 2.27 bits per heavy atom. The zero-order valence-corrected chi connectivity index (χ0v) is 9.05. The highest BCUT2D eigenvalue weighted by Crippen LogP contribution is 2.31. The highest BCUT2D eigenvalue weighted by Gasteiger charge is 2.20. The fourth-order valence-electron chi connectivity index (χ4n) is 2.23. The summed E-state index contributed by atoms with van der Waals surface area (Å²) in [6.45, 7) is 0.611. The van der Waals surface area contributed by atoms with Gasteiger partial charge < -0.3 is 10.3 Å². The third-order valence-electron chi connectivity index (χ3n) is 3.02. The van der Waals surface area contributed by atoms with Crippen LogP contribution in [0.4, 0.5) is 0 Å². The first-order valence-electron chi connectivity index (χ1n) is 5.54. The van der Waals surface area contributed by atoms with Gasteiger partial charge in [0.25, 0.3) is 5.56 Å². The largest absolute Gasteiger partial charge is 0.313 e. The zero-order valence-electron chi connectivity index (χ0n) is 9.05. The standard InChI is InChI=1S/C11H17N3O/c1-12-7-10-13-6-9(11(15)14-10)8-4-2-3-5-8/h6,8,12H,2-5,7H2,1H3,(H,13,14,15). The van der Waals surface area contributed by atoms with E-state index in [0.717, 1.165) is 18.4 Å². The van der Waals surface area contributed by atoms with Gasteiger partial charge in [0.2, 0.25) is 0 Å². The van der Waals surface area contributed by atoms with Crippen LogP contribution in [0, 0.1) is 0 Å². The van der Waals surface area contributed by atoms with Crippen LogP contribution in [0.3, 0.4) is 0 Å². The second kappa shape index (κ2) is 4.57. The Kier molecular flexibility index (Phi) is 3.16. The molecular formula is C11H17N3O. The van der Waals surface area contributed by atoms with Gasteiger partial charge in [-0.1, -0.05) is 12.8 Å². The van der Waals surface area contributed by atoms with E-state index in [9.17, 15) is 4.79 Å². The van der Waals surface area contributed by atoms with Crippen molar-refractivity contribution in [1.29, 1.82) is 0 Å². The van der Waals surface area contributed by atoms with E-state index in [1.54, 1.807) is 6.20 Å². The van der Waals surface area contributed by atoms with Crippen LogP contribution in [0.5, 0.6) is 0 Å². The van der Waals surface area contributed by atoms with Crippen molar-refractivity contribution >= 4 is 0 Å². The SMILES string of the molecule is CNCc1ncc(C2CCCC2)c(=O)[nH]1. The molecule has 1 aromatic heterocycles. The normalized spacial score (nSPS) is 17.1. The van der Waals surface area contributed by atoms with Crippen molar-refractivity contribution in [3.05, 3.63) is 27.9 Å². The second-order valence-electron chi connectivity index (χ2n) is 4.13. The number of aromatic nitrogens is 2. The first-order chi connectivity index (χ1) is 7.31. The molecule has 1 saturated carbocycles. The number of hydrogen-bond donors (Lipinski definition) is 2. The van der Waals surface area contributed by atoms with Gasteiger partial charge >= 0.3 is 0 Å². The van der Waals surface area contributed by atoms with E-state index in [2.05, 4.69) is 15.3 Å². The van der Waals surface area contributed by atoms with Gasteiger partial charge in [-0.05, 0) is 25.8 Å². The molecule has 0 radical (unpaired) electrons. The quantitative estimate of drug-likeness (QED) is 0.781. The third-order valence-corrected chi connectivity index (χ3v) is 3.02. The molecule has 0 aromatic carbocycles. The Bertz CT molecular complexity index is 380. The lowest BCUT2D eigenvalue weighted by Gasteiger charge is -2.08. The number of aromatic amines is 1. The number of H-pyrrole nitrogens is 1. The first kappa shape index (κ1) is 10.4. The Balaban J connectivity index is 2.22. The Morgan fingerprint density at radius 3 is 2.87 bits per heavy atom. The maximum atomic E-state index is 11.8. The Morgan fingerprint density at radius 1 is 1.53 bits per heavy atom. The average molecular weight is 207 g/mol. The van der Waals surface area contributed by atoms with Crippen LogP contribution in [-0.2, 0) is 6.54 Å². The van der Waals surface area contributed by atoms with E-state index in [1.807, 2.05) is 7.05 Å². The molecule has 0 aliphatic heterocycles. The summed E-state index contributed by atoms with van der Waals surface area (Å²) in [5.41, 5.74) is 0.912. The van der Waals surface area contributed by atoms with Crippen molar-refractivity contribution in [1.82, 2.24) is 15.3 Å². The second-order valence-corrected chi connectivity index (χ2v) is 4.13. The van der Waals surface area contributed by atoms with Gasteiger partial charge in [0, 0.05) is 11.8 Å². The van der Waals surface area contributed by atoms with Gasteiger partial charge in [-0.3, -0.25) is 4.79 Å². The molecule has 1 aromatic rings. The molecule has 2 rings (SSSR count). The van der Waals surface area contributed by atoms with Crippen molar-refractivity contribution in [2.45, 2.75) is 38.1 Å². The summed E-state index contributed by atoms with van der Waals surface area (Å²) in [6.07, 6.45) is 6.50. The van der Waals surface area contributed by atoms with Crippen LogP contribution < -0.4 is 10.9 Å². The van der Waals surface area contributed by atoms with Gasteiger partial charge in [-0.2, -0.15) is 0 Å². The lowest BCUT2D eigenvalue weighted by molar-refractivity contribution is 0.687. The van der Waals surface area contributed by atoms with Gasteiger partial charge in [-0.25, -0.2) is 4.98 Å². The smallest absolute Gasteiger partial charge is 0.254 e. The molecule has 0 atom stereocenters. The van der Waals surface area contributed by atoms with Crippen molar-refractivity contribution in [3.8, 4) is 0 Å². The predicted molar refractivity (Wildman–Crippen MR) is 58.8 cm³/mol. The summed E-state index contributed by atoms with van der Waals surface area (Å²) in [7, 11) is 1.84. The van der Waals surface area contributed by atoms with Crippen LogP contribution in [0.15, 0.2) is 11.0 Å². The molecule has 1 heterocycles. The molecule has 1 aliphatic rings. The molecule has 0 bridgehead atoms. The Labute approximate surface area is 89.1 Å². The van der Waals surface area contributed by atoms with E-state index in [0.29, 0.717) is 18.3 Å². The van der Waals surface area contributed by atoms with Crippen LogP contribution in [0.2, 0.25) is 0 Å². The van der Waals surface area contributed by atoms with Crippen molar-refractivity contribution < 1.29 is 0 Å². The van der Waals surface area contributed by atoms with Crippen LogP contribution >= 0.6 is 0 Å². The van der Waals surface area contributed by atoms with E-state index >= 15 is 0 Å².